The molecule has 0 aliphatic carbocycles. The van der Waals surface area contributed by atoms with Gasteiger partial charge in [0.05, 0.1) is 33.4 Å². The Kier molecular flexibility index (Phi) is 8.32. The number of hydrogen-bond acceptors (Lipinski definition) is 2. The van der Waals surface area contributed by atoms with Crippen LogP contribution in [-0.2, 0) is 0 Å². The Labute approximate surface area is 378 Å². The summed E-state index contributed by atoms with van der Waals surface area (Å²) in [6, 6.07) is 56.0. The van der Waals surface area contributed by atoms with Crippen molar-refractivity contribution in [2.45, 2.75) is 39.5 Å². The molecular formula is C60H42F2N2O2. The third-order valence-corrected chi connectivity index (χ3v) is 13.7. The van der Waals surface area contributed by atoms with Gasteiger partial charge in [0.2, 0.25) is 0 Å². The second-order valence-electron chi connectivity index (χ2n) is 18.2. The van der Waals surface area contributed by atoms with E-state index in [-0.39, 0.29) is 23.5 Å². The normalized spacial score (nSPS) is 12.4. The molecule has 0 fully saturated rings. The Morgan fingerprint density at radius 1 is 0.364 bits per heavy atom. The molecule has 0 saturated carbocycles. The number of aromatic nitrogens is 2. The molecule has 66 heavy (non-hydrogen) atoms. The zero-order chi connectivity index (χ0) is 44.5. The van der Waals surface area contributed by atoms with Crippen molar-refractivity contribution < 1.29 is 17.6 Å². The van der Waals surface area contributed by atoms with Crippen LogP contribution < -0.4 is 0 Å². The molecule has 0 saturated heterocycles. The van der Waals surface area contributed by atoms with Crippen LogP contribution in [-0.4, -0.2) is 9.13 Å². The lowest BCUT2D eigenvalue weighted by atomic mass is 9.79. The lowest BCUT2D eigenvalue weighted by molar-refractivity contribution is 0.628. The van der Waals surface area contributed by atoms with Crippen LogP contribution in [0.4, 0.5) is 8.78 Å². The van der Waals surface area contributed by atoms with Crippen LogP contribution in [0.25, 0.3) is 121 Å². The van der Waals surface area contributed by atoms with Crippen LogP contribution in [0, 0.1) is 11.6 Å². The van der Waals surface area contributed by atoms with Gasteiger partial charge in [0.25, 0.3) is 0 Å². The molecule has 0 atom stereocenters. The van der Waals surface area contributed by atoms with E-state index in [1.165, 1.54) is 12.1 Å². The summed E-state index contributed by atoms with van der Waals surface area (Å²) in [6.45, 7) is 8.94. The highest BCUT2D eigenvalue weighted by molar-refractivity contribution is 6.29. The number of para-hydroxylation sites is 4. The predicted molar refractivity (Wildman–Crippen MR) is 269 cm³/mol. The molecule has 0 aliphatic rings. The van der Waals surface area contributed by atoms with Gasteiger partial charge in [-0.2, -0.15) is 0 Å². The van der Waals surface area contributed by atoms with E-state index in [2.05, 4.69) is 134 Å². The number of benzene rings is 9. The number of fused-ring (bicyclic) bond motifs is 14. The van der Waals surface area contributed by atoms with E-state index in [4.69, 9.17) is 8.83 Å². The second kappa shape index (κ2) is 14.3. The van der Waals surface area contributed by atoms with Gasteiger partial charge in [-0.15, -0.1) is 0 Å². The third-order valence-electron chi connectivity index (χ3n) is 13.7. The number of furan rings is 2. The highest BCUT2D eigenvalue weighted by Crippen LogP contribution is 2.54. The first-order valence-corrected chi connectivity index (χ1v) is 22.7. The largest absolute Gasteiger partial charge is 0.456 e. The molecule has 4 heterocycles. The number of halogens is 2. The summed E-state index contributed by atoms with van der Waals surface area (Å²) in [6.07, 6.45) is 0. The summed E-state index contributed by atoms with van der Waals surface area (Å²) in [7, 11) is 0. The van der Waals surface area contributed by atoms with Gasteiger partial charge in [-0.25, -0.2) is 8.78 Å². The number of rotatable bonds is 6. The molecule has 4 nitrogen and oxygen atoms in total. The van der Waals surface area contributed by atoms with E-state index in [1.807, 2.05) is 36.4 Å². The van der Waals surface area contributed by atoms with E-state index in [9.17, 15) is 0 Å². The fourth-order valence-corrected chi connectivity index (χ4v) is 11.3. The molecule has 0 amide bonds. The van der Waals surface area contributed by atoms with Crippen molar-refractivity contribution >= 4 is 87.5 Å². The molecule has 0 unspecified atom stereocenters. The zero-order valence-electron chi connectivity index (χ0n) is 36.8. The van der Waals surface area contributed by atoms with Gasteiger partial charge in [0, 0.05) is 54.2 Å². The van der Waals surface area contributed by atoms with E-state index in [1.54, 1.807) is 24.3 Å². The summed E-state index contributed by atoms with van der Waals surface area (Å²) in [5, 5.41) is 8.48. The average Bonchev–Trinajstić information content (AvgIpc) is 4.08. The number of hydrogen-bond donors (Lipinski definition) is 0. The Morgan fingerprint density at radius 2 is 0.773 bits per heavy atom. The van der Waals surface area contributed by atoms with Crippen LogP contribution in [0.3, 0.4) is 0 Å². The Hall–Kier alpha value is -7.96. The smallest absolute Gasteiger partial charge is 0.136 e. The minimum atomic E-state index is -0.338. The maximum Gasteiger partial charge on any atom is 0.136 e. The van der Waals surface area contributed by atoms with Crippen molar-refractivity contribution in [1.29, 1.82) is 0 Å². The number of nitrogens with zero attached hydrogens (tertiary/aromatic N) is 2. The minimum Gasteiger partial charge on any atom is -0.456 e. The van der Waals surface area contributed by atoms with Crippen molar-refractivity contribution in [2.24, 2.45) is 0 Å². The third kappa shape index (κ3) is 5.36. The Bertz CT molecular complexity index is 4080. The highest BCUT2D eigenvalue weighted by atomic mass is 19.1. The first-order chi connectivity index (χ1) is 32.3. The summed E-state index contributed by atoms with van der Waals surface area (Å²) in [5.74, 6) is -0.837. The first kappa shape index (κ1) is 38.5. The van der Waals surface area contributed by atoms with E-state index < -0.39 is 0 Å². The molecule has 0 N–H and O–H groups in total. The van der Waals surface area contributed by atoms with Gasteiger partial charge in [0.1, 0.15) is 34.0 Å². The molecule has 6 heteroatoms. The standard InChI is InChI=1S/C60H42F2N2O2/c1-33(2)51-53(35-15-13-17-37(61)31-35)60(64-44-24-10-6-20-40(44)56-46(64)28-30-50-58(56)42-22-8-12-26-48(42)66-50)54(36-16-14-18-38(62)32-36)52(34(3)4)59(51)63-43-23-9-5-19-39(43)55-45(63)27-29-49-57(55)41-21-7-11-25-47(41)65-49/h5-34H,1-4H3. The van der Waals surface area contributed by atoms with Crippen molar-refractivity contribution in [3.63, 3.8) is 0 Å². The van der Waals surface area contributed by atoms with Gasteiger partial charge in [0.15, 0.2) is 0 Å². The van der Waals surface area contributed by atoms with Gasteiger partial charge < -0.3 is 18.0 Å². The van der Waals surface area contributed by atoms with Gasteiger partial charge in [-0.1, -0.05) is 125 Å². The van der Waals surface area contributed by atoms with E-state index in [0.29, 0.717) is 0 Å². The minimum absolute atomic E-state index is 0.0802. The Balaban J connectivity index is 1.31. The van der Waals surface area contributed by atoms with Crippen LogP contribution in [0.15, 0.2) is 179 Å². The molecule has 318 valence electrons. The van der Waals surface area contributed by atoms with E-state index in [0.717, 1.165) is 132 Å². The van der Waals surface area contributed by atoms with Gasteiger partial charge >= 0.3 is 0 Å². The van der Waals surface area contributed by atoms with Gasteiger partial charge in [-0.3, -0.25) is 0 Å². The van der Waals surface area contributed by atoms with Crippen LogP contribution in [0.1, 0.15) is 50.7 Å². The van der Waals surface area contributed by atoms with Crippen molar-refractivity contribution in [1.82, 2.24) is 9.13 Å². The molecule has 9 aromatic carbocycles. The molecule has 13 rings (SSSR count). The van der Waals surface area contributed by atoms with Crippen molar-refractivity contribution in [2.75, 3.05) is 0 Å². The second-order valence-corrected chi connectivity index (χ2v) is 18.2. The van der Waals surface area contributed by atoms with E-state index >= 15 is 8.78 Å². The van der Waals surface area contributed by atoms with Crippen molar-refractivity contribution in [3.05, 3.63) is 193 Å². The average molecular weight is 861 g/mol. The summed E-state index contributed by atoms with van der Waals surface area (Å²) in [4.78, 5) is 0. The molecule has 0 spiro atoms. The SMILES string of the molecule is CC(C)c1c(-c2cccc(F)c2)c(-n2c3ccccc3c3c4c(ccc32)oc2ccccc24)c(-c2cccc(F)c2)c(C(C)C)c1-n1c2ccccc2c2c3c(ccc21)oc1ccccc13. The molecule has 13 aromatic rings. The molecule has 0 radical (unpaired) electrons. The maximum atomic E-state index is 16.1. The topological polar surface area (TPSA) is 36.1 Å². The fraction of sp³-hybridized carbons (Fsp3) is 0.100. The fourth-order valence-electron chi connectivity index (χ4n) is 11.3. The lowest BCUT2D eigenvalue weighted by Crippen LogP contribution is -2.15. The first-order valence-electron chi connectivity index (χ1n) is 22.7. The predicted octanol–water partition coefficient (Wildman–Crippen LogP) is 17.5. The van der Waals surface area contributed by atoms with Gasteiger partial charge in [-0.05, 0) is 107 Å². The summed E-state index contributed by atoms with van der Waals surface area (Å²) in [5.41, 5.74) is 14.5. The molecular weight excluding hydrogens is 819 g/mol. The van der Waals surface area contributed by atoms with Crippen LogP contribution >= 0.6 is 0 Å². The quantitative estimate of drug-likeness (QED) is 0.167. The zero-order valence-corrected chi connectivity index (χ0v) is 36.8. The van der Waals surface area contributed by atoms with Crippen LogP contribution in [0.2, 0.25) is 0 Å². The summed E-state index contributed by atoms with van der Waals surface area (Å²) < 4.78 is 50.0. The maximum absolute atomic E-state index is 16.1. The van der Waals surface area contributed by atoms with Crippen molar-refractivity contribution in [3.8, 4) is 33.6 Å². The molecule has 0 aliphatic heterocycles. The Morgan fingerprint density at radius 3 is 1.21 bits per heavy atom. The molecule has 0 bridgehead atoms. The summed E-state index contributed by atoms with van der Waals surface area (Å²) >= 11 is 0. The molecule has 4 aromatic heterocycles. The lowest BCUT2D eigenvalue weighted by Gasteiger charge is -2.32. The van der Waals surface area contributed by atoms with Crippen LogP contribution in [0.5, 0.6) is 0 Å². The monoisotopic (exact) mass is 860 g/mol. The highest BCUT2D eigenvalue weighted by Gasteiger charge is 2.34.